The SMILES string of the molecule is C=c1cccc/c1=C(/C=C\C)S(=O)(=O)ON1C(=O)c2ccccc2C1=O. The van der Waals surface area contributed by atoms with E-state index in [1.807, 2.05) is 0 Å². The highest BCUT2D eigenvalue weighted by atomic mass is 32.2. The number of hydrogen-bond donors (Lipinski definition) is 0. The Labute approximate surface area is 150 Å². The van der Waals surface area contributed by atoms with Crippen LogP contribution in [0.4, 0.5) is 0 Å². The van der Waals surface area contributed by atoms with E-state index in [0.29, 0.717) is 10.4 Å². The molecule has 0 aromatic heterocycles. The number of carbonyl (C=O) groups is 2. The third kappa shape index (κ3) is 2.98. The molecule has 0 radical (unpaired) electrons. The number of nitrogens with zero attached hydrogens (tertiary/aromatic N) is 1. The van der Waals surface area contributed by atoms with E-state index in [9.17, 15) is 18.0 Å². The quantitative estimate of drug-likeness (QED) is 0.760. The lowest BCUT2D eigenvalue weighted by Crippen LogP contribution is -2.35. The molecule has 2 aromatic carbocycles. The van der Waals surface area contributed by atoms with E-state index in [2.05, 4.69) is 6.58 Å². The fourth-order valence-electron chi connectivity index (χ4n) is 2.59. The first-order valence-corrected chi connectivity index (χ1v) is 9.11. The second-order valence-corrected chi connectivity index (χ2v) is 7.00. The Morgan fingerprint density at radius 2 is 1.54 bits per heavy atom. The number of fused-ring (bicyclic) bond motifs is 1. The Balaban J connectivity index is 2.09. The summed E-state index contributed by atoms with van der Waals surface area (Å²) >= 11 is 0. The molecule has 0 saturated carbocycles. The summed E-state index contributed by atoms with van der Waals surface area (Å²) in [6, 6.07) is 12.6. The van der Waals surface area contributed by atoms with Crippen molar-refractivity contribution in [3.8, 4) is 0 Å². The molecule has 2 aromatic rings. The van der Waals surface area contributed by atoms with Gasteiger partial charge in [0, 0.05) is 5.22 Å². The van der Waals surface area contributed by atoms with Crippen molar-refractivity contribution in [1.82, 2.24) is 5.06 Å². The first-order chi connectivity index (χ1) is 12.4. The normalized spacial score (nSPS) is 15.5. The molecule has 0 spiro atoms. The summed E-state index contributed by atoms with van der Waals surface area (Å²) < 4.78 is 30.5. The molecule has 1 aliphatic rings. The smallest absolute Gasteiger partial charge is 0.266 e. The molecular formula is C19H15NO5S. The number of hydrogen-bond acceptors (Lipinski definition) is 5. The fraction of sp³-hybridized carbons (Fsp3) is 0.0526. The molecule has 6 nitrogen and oxygen atoms in total. The number of imide groups is 1. The standard InChI is InChI=1S/C19H15NO5S/c1-3-8-17(14-10-5-4-9-13(14)2)26(23,24)25-20-18(21)15-11-6-7-12-16(15)19(20)22/h3-12H,2H2,1H3/b8-3-,17-14+. The van der Waals surface area contributed by atoms with Gasteiger partial charge < -0.3 is 0 Å². The minimum absolute atomic E-state index is 0.0952. The monoisotopic (exact) mass is 369 g/mol. The van der Waals surface area contributed by atoms with E-state index in [4.69, 9.17) is 4.28 Å². The predicted octanol–water partition coefficient (Wildman–Crippen LogP) is 1.34. The molecule has 1 aliphatic heterocycles. The first-order valence-electron chi connectivity index (χ1n) is 7.70. The van der Waals surface area contributed by atoms with E-state index in [1.165, 1.54) is 24.3 Å². The van der Waals surface area contributed by atoms with Gasteiger partial charge in [0.05, 0.1) is 11.1 Å². The third-order valence-electron chi connectivity index (χ3n) is 3.80. The summed E-state index contributed by atoms with van der Waals surface area (Å²) in [7, 11) is -4.45. The first kappa shape index (κ1) is 17.8. The Morgan fingerprint density at radius 1 is 1.00 bits per heavy atom. The highest BCUT2D eigenvalue weighted by molar-refractivity contribution is 7.96. The average molecular weight is 369 g/mol. The van der Waals surface area contributed by atoms with Gasteiger partial charge in [0.2, 0.25) is 0 Å². The highest BCUT2D eigenvalue weighted by Gasteiger charge is 2.40. The van der Waals surface area contributed by atoms with Gasteiger partial charge in [-0.2, -0.15) is 8.42 Å². The topological polar surface area (TPSA) is 80.8 Å². The van der Waals surface area contributed by atoms with Crippen LogP contribution in [0.1, 0.15) is 27.6 Å². The van der Waals surface area contributed by atoms with E-state index >= 15 is 0 Å². The fourth-order valence-corrected chi connectivity index (χ4v) is 3.78. The second-order valence-electron chi connectivity index (χ2n) is 5.50. The lowest BCUT2D eigenvalue weighted by Gasteiger charge is -2.13. The van der Waals surface area contributed by atoms with Crippen LogP contribution in [0.5, 0.6) is 0 Å². The summed E-state index contributed by atoms with van der Waals surface area (Å²) in [5, 5.41) is 1.06. The van der Waals surface area contributed by atoms with Crippen molar-refractivity contribution in [1.29, 1.82) is 0 Å². The molecule has 1 heterocycles. The van der Waals surface area contributed by atoms with E-state index in [1.54, 1.807) is 43.3 Å². The molecule has 7 heteroatoms. The summed E-state index contributed by atoms with van der Waals surface area (Å²) in [6.07, 6.45) is 2.85. The van der Waals surface area contributed by atoms with Crippen molar-refractivity contribution >= 4 is 33.4 Å². The Bertz CT molecular complexity index is 1110. The molecule has 0 saturated heterocycles. The summed E-state index contributed by atoms with van der Waals surface area (Å²) in [6.45, 7) is 5.45. The van der Waals surface area contributed by atoms with E-state index in [-0.39, 0.29) is 21.1 Å². The minimum atomic E-state index is -4.45. The van der Waals surface area contributed by atoms with Gasteiger partial charge in [-0.25, -0.2) is 0 Å². The minimum Gasteiger partial charge on any atom is -0.266 e. The van der Waals surface area contributed by atoms with Crippen LogP contribution in [-0.4, -0.2) is 25.3 Å². The maximum Gasteiger partial charge on any atom is 0.318 e. The molecule has 2 amide bonds. The average Bonchev–Trinajstić information content (AvgIpc) is 2.85. The Kier molecular flexibility index (Phi) is 4.58. The predicted molar refractivity (Wildman–Crippen MR) is 96.4 cm³/mol. The van der Waals surface area contributed by atoms with Gasteiger partial charge in [0.25, 0.3) is 11.8 Å². The zero-order valence-corrected chi connectivity index (χ0v) is 14.7. The molecular weight excluding hydrogens is 354 g/mol. The molecule has 26 heavy (non-hydrogen) atoms. The van der Waals surface area contributed by atoms with Gasteiger partial charge in [-0.15, -0.1) is 9.35 Å². The zero-order chi connectivity index (χ0) is 18.9. The van der Waals surface area contributed by atoms with E-state index in [0.717, 1.165) is 0 Å². The molecule has 0 N–H and O–H groups in total. The van der Waals surface area contributed by atoms with Crippen molar-refractivity contribution in [3.05, 3.63) is 82.2 Å². The van der Waals surface area contributed by atoms with Crippen LogP contribution in [0.25, 0.3) is 11.5 Å². The highest BCUT2D eigenvalue weighted by Crippen LogP contribution is 2.25. The molecule has 132 valence electrons. The van der Waals surface area contributed by atoms with Gasteiger partial charge in [-0.1, -0.05) is 49.1 Å². The lowest BCUT2D eigenvalue weighted by molar-refractivity contribution is -0.00911. The number of carbonyl (C=O) groups excluding carboxylic acids is 2. The Morgan fingerprint density at radius 3 is 2.08 bits per heavy atom. The van der Waals surface area contributed by atoms with Crippen LogP contribution < -0.4 is 10.4 Å². The number of benzene rings is 2. The molecule has 0 aliphatic carbocycles. The number of amides is 2. The summed E-state index contributed by atoms with van der Waals surface area (Å²) in [5.41, 5.74) is 0.190. The number of hydroxylamine groups is 2. The molecule has 0 atom stereocenters. The van der Waals surface area contributed by atoms with Crippen LogP contribution in [0.3, 0.4) is 0 Å². The van der Waals surface area contributed by atoms with Crippen molar-refractivity contribution in [2.75, 3.05) is 0 Å². The van der Waals surface area contributed by atoms with Crippen LogP contribution in [0.2, 0.25) is 0 Å². The molecule has 0 fully saturated rings. The number of rotatable bonds is 4. The molecule has 0 unspecified atom stereocenters. The Hall–Kier alpha value is -3.03. The van der Waals surface area contributed by atoms with Gasteiger partial charge in [-0.05, 0) is 30.4 Å². The van der Waals surface area contributed by atoms with Crippen LogP contribution >= 0.6 is 0 Å². The maximum absolute atomic E-state index is 12.8. The largest absolute Gasteiger partial charge is 0.318 e. The van der Waals surface area contributed by atoms with Crippen LogP contribution in [-0.2, 0) is 14.4 Å². The molecule has 3 rings (SSSR count). The third-order valence-corrected chi connectivity index (χ3v) is 5.04. The zero-order valence-electron chi connectivity index (χ0n) is 13.9. The summed E-state index contributed by atoms with van der Waals surface area (Å²) in [4.78, 5) is 24.5. The van der Waals surface area contributed by atoms with Gasteiger partial charge >= 0.3 is 10.1 Å². The van der Waals surface area contributed by atoms with Crippen molar-refractivity contribution in [3.63, 3.8) is 0 Å². The number of allylic oxidation sites excluding steroid dienone is 1. The van der Waals surface area contributed by atoms with E-state index < -0.39 is 21.9 Å². The second kappa shape index (κ2) is 6.70. The van der Waals surface area contributed by atoms with Gasteiger partial charge in [-0.3, -0.25) is 9.59 Å². The van der Waals surface area contributed by atoms with Crippen molar-refractivity contribution in [2.45, 2.75) is 6.92 Å². The molecule has 0 bridgehead atoms. The summed E-state index contributed by atoms with van der Waals surface area (Å²) in [5.74, 6) is -1.64. The van der Waals surface area contributed by atoms with Crippen LogP contribution in [0.15, 0.2) is 60.7 Å². The maximum atomic E-state index is 12.8. The lowest BCUT2D eigenvalue weighted by atomic mass is 10.1. The van der Waals surface area contributed by atoms with Gasteiger partial charge in [0.15, 0.2) is 0 Å². The van der Waals surface area contributed by atoms with Crippen molar-refractivity contribution in [2.24, 2.45) is 0 Å². The van der Waals surface area contributed by atoms with Crippen LogP contribution in [0, 0.1) is 0 Å². The van der Waals surface area contributed by atoms with Gasteiger partial charge in [0.1, 0.15) is 4.91 Å². The van der Waals surface area contributed by atoms with Crippen molar-refractivity contribution < 1.29 is 22.3 Å².